The van der Waals surface area contributed by atoms with Gasteiger partial charge >= 0.3 is 11.8 Å². The molecule has 1 aliphatic rings. The number of amides is 2. The van der Waals surface area contributed by atoms with Crippen molar-refractivity contribution in [3.63, 3.8) is 0 Å². The van der Waals surface area contributed by atoms with Crippen molar-refractivity contribution in [1.82, 2.24) is 4.90 Å². The quantitative estimate of drug-likeness (QED) is 0.869. The average molecular weight is 308 g/mol. The van der Waals surface area contributed by atoms with E-state index in [0.29, 0.717) is 5.75 Å². The van der Waals surface area contributed by atoms with Crippen molar-refractivity contribution in [2.75, 3.05) is 19.5 Å². The van der Waals surface area contributed by atoms with E-state index in [1.807, 2.05) is 6.92 Å². The molecule has 0 aliphatic heterocycles. The third-order valence-electron chi connectivity index (χ3n) is 4.55. The zero-order valence-electron chi connectivity index (χ0n) is 13.3. The predicted octanol–water partition coefficient (Wildman–Crippen LogP) is 2.42. The molecule has 2 amide bonds. The number of nitrogens with one attached hydrogen (secondary N) is 1. The molecule has 0 heterocycles. The van der Waals surface area contributed by atoms with E-state index in [-0.39, 0.29) is 17.1 Å². The Hall–Kier alpha value is -2.11. The van der Waals surface area contributed by atoms with E-state index in [1.165, 1.54) is 24.1 Å². The van der Waals surface area contributed by atoms with Gasteiger partial charge in [-0.15, -0.1) is 0 Å². The average Bonchev–Trinajstić information content (AvgIpc) is 3.24. The van der Waals surface area contributed by atoms with Crippen molar-refractivity contribution >= 4 is 17.5 Å². The van der Waals surface area contributed by atoms with Crippen LogP contribution in [0.5, 0.6) is 5.75 Å². The predicted molar refractivity (Wildman–Crippen MR) is 81.2 cm³/mol. The number of rotatable bonds is 4. The van der Waals surface area contributed by atoms with Crippen LogP contribution < -0.4 is 10.1 Å². The number of anilines is 1. The second-order valence-corrected chi connectivity index (χ2v) is 6.04. The molecule has 1 fully saturated rings. The summed E-state index contributed by atoms with van der Waals surface area (Å²) in [4.78, 5) is 25.8. The molecule has 5 nitrogen and oxygen atoms in total. The molecule has 1 atom stereocenters. The number of hydrogen-bond donors (Lipinski definition) is 1. The molecule has 0 saturated heterocycles. The zero-order valence-corrected chi connectivity index (χ0v) is 13.3. The van der Waals surface area contributed by atoms with Crippen LogP contribution in [-0.2, 0) is 9.59 Å². The summed E-state index contributed by atoms with van der Waals surface area (Å²) in [5.41, 5.74) is 0.223. The number of hydrogen-bond acceptors (Lipinski definition) is 3. The second kappa shape index (κ2) is 5.94. The van der Waals surface area contributed by atoms with Crippen molar-refractivity contribution in [2.45, 2.75) is 32.7 Å². The van der Waals surface area contributed by atoms with E-state index in [4.69, 9.17) is 4.74 Å². The number of halogens is 1. The van der Waals surface area contributed by atoms with Gasteiger partial charge in [0.15, 0.2) is 0 Å². The van der Waals surface area contributed by atoms with E-state index in [2.05, 4.69) is 12.2 Å². The highest BCUT2D eigenvalue weighted by molar-refractivity contribution is 6.39. The van der Waals surface area contributed by atoms with Gasteiger partial charge in [-0.2, -0.15) is 0 Å². The molecule has 1 N–H and O–H groups in total. The van der Waals surface area contributed by atoms with Crippen molar-refractivity contribution in [2.24, 2.45) is 5.41 Å². The molecule has 2 rings (SSSR count). The van der Waals surface area contributed by atoms with Gasteiger partial charge in [-0.25, -0.2) is 4.39 Å². The summed E-state index contributed by atoms with van der Waals surface area (Å²) in [5.74, 6) is -1.67. The van der Waals surface area contributed by atoms with Gasteiger partial charge in [0.1, 0.15) is 11.6 Å². The number of carbonyl (C=O) groups is 2. The largest absolute Gasteiger partial charge is 0.495 e. The zero-order chi connectivity index (χ0) is 16.5. The highest BCUT2D eigenvalue weighted by Gasteiger charge is 2.45. The molecule has 120 valence electrons. The van der Waals surface area contributed by atoms with Crippen LogP contribution >= 0.6 is 0 Å². The van der Waals surface area contributed by atoms with Crippen molar-refractivity contribution in [3.8, 4) is 5.75 Å². The summed E-state index contributed by atoms with van der Waals surface area (Å²) < 4.78 is 18.3. The van der Waals surface area contributed by atoms with Crippen LogP contribution in [-0.4, -0.2) is 36.9 Å². The first-order valence-electron chi connectivity index (χ1n) is 7.20. The molecule has 0 bridgehead atoms. The number of methoxy groups -OCH3 is 1. The van der Waals surface area contributed by atoms with Gasteiger partial charge in [-0.05, 0) is 37.3 Å². The summed E-state index contributed by atoms with van der Waals surface area (Å²) >= 11 is 0. The fraction of sp³-hybridized carbons (Fsp3) is 0.500. The van der Waals surface area contributed by atoms with E-state index in [1.54, 1.807) is 7.05 Å². The first kappa shape index (κ1) is 16.3. The molecule has 6 heteroatoms. The number of ether oxygens (including phenoxy) is 1. The van der Waals surface area contributed by atoms with Crippen molar-refractivity contribution in [1.29, 1.82) is 0 Å². The summed E-state index contributed by atoms with van der Waals surface area (Å²) in [6, 6.07) is 3.71. The van der Waals surface area contributed by atoms with Gasteiger partial charge in [-0.3, -0.25) is 9.59 Å². The lowest BCUT2D eigenvalue weighted by Gasteiger charge is -2.29. The van der Waals surface area contributed by atoms with Gasteiger partial charge in [0.2, 0.25) is 0 Å². The van der Waals surface area contributed by atoms with Crippen LogP contribution in [0.25, 0.3) is 0 Å². The van der Waals surface area contributed by atoms with Crippen LogP contribution in [0.3, 0.4) is 0 Å². The maximum absolute atomic E-state index is 13.3. The molecule has 0 radical (unpaired) electrons. The van der Waals surface area contributed by atoms with E-state index >= 15 is 0 Å². The first-order valence-corrected chi connectivity index (χ1v) is 7.20. The number of carbonyl (C=O) groups excluding carboxylic acids is 2. The topological polar surface area (TPSA) is 58.6 Å². The summed E-state index contributed by atoms with van der Waals surface area (Å²) in [6.45, 7) is 4.02. The van der Waals surface area contributed by atoms with Gasteiger partial charge < -0.3 is 15.0 Å². The third kappa shape index (κ3) is 3.21. The highest BCUT2D eigenvalue weighted by atomic mass is 19.1. The maximum atomic E-state index is 13.3. The van der Waals surface area contributed by atoms with Gasteiger partial charge in [-0.1, -0.05) is 6.92 Å². The minimum atomic E-state index is -0.803. The lowest BCUT2D eigenvalue weighted by Crippen LogP contribution is -2.45. The van der Waals surface area contributed by atoms with E-state index in [9.17, 15) is 14.0 Å². The Morgan fingerprint density at radius 3 is 2.59 bits per heavy atom. The molecule has 0 aromatic heterocycles. The van der Waals surface area contributed by atoms with Crippen LogP contribution in [0, 0.1) is 11.2 Å². The minimum absolute atomic E-state index is 0.0276. The third-order valence-corrected chi connectivity index (χ3v) is 4.55. The van der Waals surface area contributed by atoms with Crippen LogP contribution in [0.4, 0.5) is 10.1 Å². The number of nitrogens with zero attached hydrogens (tertiary/aromatic N) is 1. The maximum Gasteiger partial charge on any atom is 0.314 e. The molecular formula is C16H21FN2O3. The molecule has 1 saturated carbocycles. The van der Waals surface area contributed by atoms with Gasteiger partial charge in [0.05, 0.1) is 12.8 Å². The van der Waals surface area contributed by atoms with Gasteiger partial charge in [0.25, 0.3) is 0 Å². The first-order chi connectivity index (χ1) is 10.3. The Kier molecular flexibility index (Phi) is 4.39. The Bertz CT molecular complexity index is 599. The Morgan fingerprint density at radius 1 is 1.41 bits per heavy atom. The summed E-state index contributed by atoms with van der Waals surface area (Å²) in [5, 5.41) is 2.41. The fourth-order valence-corrected chi connectivity index (χ4v) is 2.37. The molecule has 0 spiro atoms. The van der Waals surface area contributed by atoms with E-state index < -0.39 is 17.6 Å². The lowest BCUT2D eigenvalue weighted by atomic mass is 9.99. The Labute approximate surface area is 129 Å². The minimum Gasteiger partial charge on any atom is -0.495 e. The molecule has 0 unspecified atom stereocenters. The van der Waals surface area contributed by atoms with Crippen LogP contribution in [0.2, 0.25) is 0 Å². The fourth-order valence-electron chi connectivity index (χ4n) is 2.37. The molecule has 1 aromatic rings. The smallest absolute Gasteiger partial charge is 0.314 e. The Balaban J connectivity index is 2.08. The molecule has 1 aliphatic carbocycles. The van der Waals surface area contributed by atoms with Crippen LogP contribution in [0.15, 0.2) is 18.2 Å². The molecule has 22 heavy (non-hydrogen) atoms. The van der Waals surface area contributed by atoms with Crippen LogP contribution in [0.1, 0.15) is 26.7 Å². The second-order valence-electron chi connectivity index (χ2n) is 6.04. The number of likely N-dealkylation sites (N-methyl/N-ethyl adjacent to an activating group) is 1. The SMILES string of the molecule is COc1ccc(F)cc1NC(=O)C(=O)N(C)[C@@H](C)C1(C)CC1. The standard InChI is InChI=1S/C16H21FN2O3/c1-10(16(2)7-8-16)19(3)15(21)14(20)18-12-9-11(17)5-6-13(12)22-4/h5-6,9-10H,7-8H2,1-4H3,(H,18,20)/t10-/m0/s1. The van der Waals surface area contributed by atoms with Crippen molar-refractivity contribution < 1.29 is 18.7 Å². The summed E-state index contributed by atoms with van der Waals surface area (Å²) in [7, 11) is 3.02. The lowest BCUT2D eigenvalue weighted by molar-refractivity contribution is -0.144. The summed E-state index contributed by atoms with van der Waals surface area (Å²) in [6.07, 6.45) is 2.09. The monoisotopic (exact) mass is 308 g/mol. The highest BCUT2D eigenvalue weighted by Crippen LogP contribution is 2.49. The van der Waals surface area contributed by atoms with Gasteiger partial charge in [0, 0.05) is 19.2 Å². The Morgan fingerprint density at radius 2 is 2.05 bits per heavy atom. The normalized spacial score (nSPS) is 16.6. The molecule has 1 aromatic carbocycles. The van der Waals surface area contributed by atoms with Crippen molar-refractivity contribution in [3.05, 3.63) is 24.0 Å². The van der Waals surface area contributed by atoms with E-state index in [0.717, 1.165) is 18.9 Å². The molecular weight excluding hydrogens is 287 g/mol. The number of benzene rings is 1.